The quantitative estimate of drug-likeness (QED) is 0.373. The molecule has 3 N–H and O–H groups in total. The van der Waals surface area contributed by atoms with Crippen LogP contribution in [0.4, 0.5) is 4.39 Å². The molecule has 158 valence electrons. The maximum atomic E-state index is 13.4. The first-order valence-corrected chi connectivity index (χ1v) is 10.5. The Kier molecular flexibility index (Phi) is 7.37. The molecule has 2 aromatic heterocycles. The fraction of sp³-hybridized carbons (Fsp3) is 0.273. The molecule has 0 saturated heterocycles. The number of halogens is 1. The topological polar surface area (TPSA) is 78.8 Å². The Morgan fingerprint density at radius 2 is 2.10 bits per heavy atom. The summed E-state index contributed by atoms with van der Waals surface area (Å²) in [5.74, 6) is 0.929. The molecule has 0 aliphatic heterocycles. The molecular weight excluding hydrogens is 403 g/mol. The number of pyridine rings is 1. The molecule has 0 amide bonds. The van der Waals surface area contributed by atoms with Gasteiger partial charge in [0.25, 0.3) is 0 Å². The van der Waals surface area contributed by atoms with Crippen molar-refractivity contribution in [3.63, 3.8) is 0 Å². The van der Waals surface area contributed by atoms with E-state index in [2.05, 4.69) is 20.6 Å². The van der Waals surface area contributed by atoms with Gasteiger partial charge in [-0.3, -0.25) is 0 Å². The number of hydrogen-bond donors (Lipinski definition) is 3. The van der Waals surface area contributed by atoms with Crippen molar-refractivity contribution in [3.05, 3.63) is 76.4 Å². The predicted molar refractivity (Wildman–Crippen MR) is 117 cm³/mol. The van der Waals surface area contributed by atoms with E-state index in [1.54, 1.807) is 31.3 Å². The van der Waals surface area contributed by atoms with Crippen molar-refractivity contribution < 1.29 is 14.2 Å². The van der Waals surface area contributed by atoms with E-state index in [0.29, 0.717) is 37.2 Å². The van der Waals surface area contributed by atoms with E-state index in [9.17, 15) is 9.50 Å². The summed E-state index contributed by atoms with van der Waals surface area (Å²) in [4.78, 5) is 9.71. The number of aliphatic imine (C=N–C) groups is 1. The van der Waals surface area contributed by atoms with Gasteiger partial charge in [-0.15, -0.1) is 11.3 Å². The lowest BCUT2D eigenvalue weighted by molar-refractivity contribution is 0.0655. The van der Waals surface area contributed by atoms with Crippen LogP contribution in [0, 0.1) is 5.82 Å². The van der Waals surface area contributed by atoms with Crippen molar-refractivity contribution in [1.29, 1.82) is 0 Å². The van der Waals surface area contributed by atoms with E-state index in [4.69, 9.17) is 4.74 Å². The molecule has 0 radical (unpaired) electrons. The third kappa shape index (κ3) is 6.01. The number of thiophene rings is 1. The average Bonchev–Trinajstić information content (AvgIpc) is 3.27. The first-order valence-electron chi connectivity index (χ1n) is 9.64. The molecule has 0 aliphatic carbocycles. The Balaban J connectivity index is 1.70. The minimum atomic E-state index is -1.01. The fourth-order valence-electron chi connectivity index (χ4n) is 2.71. The van der Waals surface area contributed by atoms with Gasteiger partial charge in [0, 0.05) is 29.2 Å². The highest BCUT2D eigenvalue weighted by Crippen LogP contribution is 2.25. The maximum absolute atomic E-state index is 13.4. The number of aromatic nitrogens is 1. The Morgan fingerprint density at radius 1 is 1.23 bits per heavy atom. The van der Waals surface area contributed by atoms with Gasteiger partial charge in [0.05, 0.1) is 13.1 Å². The zero-order chi connectivity index (χ0) is 21.4. The second-order valence-corrected chi connectivity index (χ2v) is 7.77. The van der Waals surface area contributed by atoms with Gasteiger partial charge in [-0.2, -0.15) is 0 Å². The van der Waals surface area contributed by atoms with E-state index in [-0.39, 0.29) is 5.82 Å². The molecule has 1 atom stereocenters. The van der Waals surface area contributed by atoms with E-state index >= 15 is 0 Å². The highest BCUT2D eigenvalue weighted by atomic mass is 32.1. The lowest BCUT2D eigenvalue weighted by Gasteiger charge is -2.23. The molecule has 3 rings (SSSR count). The summed E-state index contributed by atoms with van der Waals surface area (Å²) >= 11 is 1.51. The number of rotatable bonds is 8. The minimum Gasteiger partial charge on any atom is -0.439 e. The zero-order valence-corrected chi connectivity index (χ0v) is 17.7. The molecule has 0 aliphatic rings. The first kappa shape index (κ1) is 21.7. The number of ether oxygens (including phenoxy) is 1. The number of guanidine groups is 1. The highest BCUT2D eigenvalue weighted by Gasteiger charge is 2.24. The van der Waals surface area contributed by atoms with Gasteiger partial charge in [-0.05, 0) is 43.5 Å². The predicted octanol–water partition coefficient (Wildman–Crippen LogP) is 4.04. The Hall–Kier alpha value is -2.97. The number of aliphatic hydroxyl groups is 1. The second kappa shape index (κ2) is 10.2. The van der Waals surface area contributed by atoms with E-state index < -0.39 is 5.60 Å². The maximum Gasteiger partial charge on any atom is 0.224 e. The van der Waals surface area contributed by atoms with Crippen LogP contribution in [0.3, 0.4) is 0 Å². The summed E-state index contributed by atoms with van der Waals surface area (Å²) in [6.07, 6.45) is 1.61. The monoisotopic (exact) mass is 428 g/mol. The molecule has 8 heteroatoms. The molecule has 2 heterocycles. The van der Waals surface area contributed by atoms with E-state index in [1.165, 1.54) is 23.5 Å². The van der Waals surface area contributed by atoms with Crippen molar-refractivity contribution in [2.24, 2.45) is 4.99 Å². The van der Waals surface area contributed by atoms with Crippen LogP contribution in [0.5, 0.6) is 11.6 Å². The first-order chi connectivity index (χ1) is 14.5. The van der Waals surface area contributed by atoms with Gasteiger partial charge in [0.2, 0.25) is 5.88 Å². The molecule has 0 fully saturated rings. The summed E-state index contributed by atoms with van der Waals surface area (Å²) < 4.78 is 19.2. The van der Waals surface area contributed by atoms with Crippen LogP contribution in [-0.4, -0.2) is 29.1 Å². The van der Waals surface area contributed by atoms with Gasteiger partial charge in [0.15, 0.2) is 5.96 Å². The van der Waals surface area contributed by atoms with Crippen molar-refractivity contribution in [1.82, 2.24) is 15.6 Å². The van der Waals surface area contributed by atoms with Crippen molar-refractivity contribution >= 4 is 17.3 Å². The van der Waals surface area contributed by atoms with Gasteiger partial charge in [-0.25, -0.2) is 14.4 Å². The summed E-state index contributed by atoms with van der Waals surface area (Å²) in [6.45, 7) is 5.01. The largest absolute Gasteiger partial charge is 0.439 e. The van der Waals surface area contributed by atoms with Gasteiger partial charge >= 0.3 is 0 Å². The molecule has 1 unspecified atom stereocenters. The average molecular weight is 429 g/mol. The molecule has 30 heavy (non-hydrogen) atoms. The molecule has 0 saturated carbocycles. The van der Waals surface area contributed by atoms with Crippen molar-refractivity contribution in [2.45, 2.75) is 26.0 Å². The normalized spacial score (nSPS) is 13.5. The molecule has 6 nitrogen and oxygen atoms in total. The Bertz CT molecular complexity index is 977. The molecular formula is C22H25FN4O2S. The molecule has 1 aromatic carbocycles. The third-order valence-electron chi connectivity index (χ3n) is 4.26. The number of hydrogen-bond acceptors (Lipinski definition) is 5. The second-order valence-electron chi connectivity index (χ2n) is 6.83. The summed E-state index contributed by atoms with van der Waals surface area (Å²) in [7, 11) is 0. The van der Waals surface area contributed by atoms with Gasteiger partial charge < -0.3 is 20.5 Å². The van der Waals surface area contributed by atoms with Crippen molar-refractivity contribution in [3.8, 4) is 11.6 Å². The number of nitrogens with zero attached hydrogens (tertiary/aromatic N) is 2. The lowest BCUT2D eigenvalue weighted by atomic mass is 10.1. The van der Waals surface area contributed by atoms with Crippen LogP contribution in [0.1, 0.15) is 24.3 Å². The molecule has 0 bridgehead atoms. The standard InChI is InChI=1S/C22H25FN4O2S/c1-3-24-21(27-15-22(2,28)19-10-6-12-30-19)26-14-16-7-5-11-25-20(16)29-18-9-4-8-17(23)13-18/h4-13,28H,3,14-15H2,1-2H3,(H2,24,26,27). The number of benzene rings is 1. The SMILES string of the molecule is CCNC(=NCc1cccnc1Oc1cccc(F)c1)NCC(C)(O)c1cccs1. The van der Waals surface area contributed by atoms with E-state index in [0.717, 1.165) is 10.4 Å². The Labute approximate surface area is 179 Å². The van der Waals surface area contributed by atoms with Crippen LogP contribution in [0.15, 0.2) is 65.1 Å². The van der Waals surface area contributed by atoms with Crippen LogP contribution in [-0.2, 0) is 12.1 Å². The summed E-state index contributed by atoms with van der Waals surface area (Å²) in [5.41, 5.74) is -0.256. The summed E-state index contributed by atoms with van der Waals surface area (Å²) in [6, 6.07) is 13.4. The third-order valence-corrected chi connectivity index (χ3v) is 5.39. The molecule has 0 spiro atoms. The highest BCUT2D eigenvalue weighted by molar-refractivity contribution is 7.10. The van der Waals surface area contributed by atoms with Crippen molar-refractivity contribution in [2.75, 3.05) is 13.1 Å². The van der Waals surface area contributed by atoms with Crippen LogP contribution >= 0.6 is 11.3 Å². The minimum absolute atomic E-state index is 0.301. The number of nitrogens with one attached hydrogen (secondary N) is 2. The van der Waals surface area contributed by atoms with Crippen LogP contribution < -0.4 is 15.4 Å². The lowest BCUT2D eigenvalue weighted by Crippen LogP contribution is -2.44. The van der Waals surface area contributed by atoms with E-state index in [1.807, 2.05) is 30.5 Å². The smallest absolute Gasteiger partial charge is 0.224 e. The Morgan fingerprint density at radius 3 is 2.83 bits per heavy atom. The fourth-order valence-corrected chi connectivity index (χ4v) is 3.50. The van der Waals surface area contributed by atoms with Gasteiger partial charge in [0.1, 0.15) is 17.2 Å². The molecule has 3 aromatic rings. The van der Waals surface area contributed by atoms with Crippen LogP contribution in [0.25, 0.3) is 0 Å². The van der Waals surface area contributed by atoms with Crippen LogP contribution in [0.2, 0.25) is 0 Å². The van der Waals surface area contributed by atoms with Gasteiger partial charge in [-0.1, -0.05) is 18.2 Å². The zero-order valence-electron chi connectivity index (χ0n) is 16.9. The summed E-state index contributed by atoms with van der Waals surface area (Å²) in [5, 5.41) is 19.0.